The second-order valence-electron chi connectivity index (χ2n) is 4.52. The third-order valence-corrected chi connectivity index (χ3v) is 4.81. The molecule has 1 atom stereocenters. The Balaban J connectivity index is 1.83. The number of hydrogen-bond donors (Lipinski definition) is 1. The zero-order chi connectivity index (χ0) is 14.8. The number of rotatable bonds is 4. The smallest absolute Gasteiger partial charge is 0.191 e. The third-order valence-electron chi connectivity index (χ3n) is 3.04. The summed E-state index contributed by atoms with van der Waals surface area (Å²) in [7, 11) is 0. The largest absolute Gasteiger partial charge is 0.383 e. The lowest BCUT2D eigenvalue weighted by molar-refractivity contribution is 0.0994. The molecule has 0 aliphatic heterocycles. The van der Waals surface area contributed by atoms with Crippen LogP contribution in [0, 0.1) is 0 Å². The Bertz CT molecular complexity index is 786. The molecule has 1 aromatic carbocycles. The number of fused-ring (bicyclic) bond motifs is 1. The van der Waals surface area contributed by atoms with Crippen molar-refractivity contribution >= 4 is 44.9 Å². The Kier molecular flexibility index (Phi) is 3.90. The maximum absolute atomic E-state index is 12.3. The normalized spacial score (nSPS) is 12.4. The molecule has 0 radical (unpaired) electrons. The van der Waals surface area contributed by atoms with Crippen LogP contribution in [0.15, 0.2) is 46.9 Å². The fourth-order valence-electron chi connectivity index (χ4n) is 1.96. The molecule has 2 aromatic heterocycles. The van der Waals surface area contributed by atoms with Crippen molar-refractivity contribution in [1.29, 1.82) is 0 Å². The van der Waals surface area contributed by atoms with E-state index in [1.807, 2.05) is 48.7 Å². The van der Waals surface area contributed by atoms with Crippen molar-refractivity contribution in [2.24, 2.45) is 0 Å². The number of hydrogen-bond acceptors (Lipinski definition) is 6. The molecule has 0 aliphatic rings. The van der Waals surface area contributed by atoms with E-state index < -0.39 is 0 Å². The lowest BCUT2D eigenvalue weighted by Gasteiger charge is -2.09. The number of anilines is 1. The van der Waals surface area contributed by atoms with E-state index in [-0.39, 0.29) is 11.0 Å². The molecule has 0 spiro atoms. The Morgan fingerprint density at radius 1 is 1.24 bits per heavy atom. The molecule has 0 aliphatic carbocycles. The zero-order valence-corrected chi connectivity index (χ0v) is 12.9. The van der Waals surface area contributed by atoms with Gasteiger partial charge in [0.15, 0.2) is 10.9 Å². The predicted octanol–water partition coefficient (Wildman–Crippen LogP) is 3.64. The van der Waals surface area contributed by atoms with E-state index in [0.717, 1.165) is 10.2 Å². The van der Waals surface area contributed by atoms with Gasteiger partial charge in [0.05, 0.1) is 10.6 Å². The lowest BCUT2D eigenvalue weighted by atomic mass is 10.1. The minimum atomic E-state index is -0.260. The van der Waals surface area contributed by atoms with Crippen LogP contribution in [0.2, 0.25) is 0 Å². The Morgan fingerprint density at radius 2 is 2.00 bits per heavy atom. The van der Waals surface area contributed by atoms with E-state index in [2.05, 4.69) is 9.97 Å². The number of nitrogens with two attached hydrogens (primary N) is 1. The van der Waals surface area contributed by atoms with Gasteiger partial charge in [-0.25, -0.2) is 9.97 Å². The molecule has 2 N–H and O–H groups in total. The van der Waals surface area contributed by atoms with Gasteiger partial charge in [0, 0.05) is 5.56 Å². The highest BCUT2D eigenvalue weighted by atomic mass is 32.2. The maximum Gasteiger partial charge on any atom is 0.191 e. The van der Waals surface area contributed by atoms with E-state index >= 15 is 0 Å². The summed E-state index contributed by atoms with van der Waals surface area (Å²) in [5.74, 6) is 0.525. The molecule has 0 bridgehead atoms. The van der Waals surface area contributed by atoms with Gasteiger partial charge in [-0.3, -0.25) is 4.79 Å². The van der Waals surface area contributed by atoms with Gasteiger partial charge in [-0.2, -0.15) is 0 Å². The van der Waals surface area contributed by atoms with Crippen LogP contribution in [-0.4, -0.2) is 21.0 Å². The molecular formula is C15H13N3OS2. The van der Waals surface area contributed by atoms with Crippen LogP contribution in [0.25, 0.3) is 10.2 Å². The van der Waals surface area contributed by atoms with E-state index in [9.17, 15) is 4.79 Å². The third kappa shape index (κ3) is 2.91. The van der Waals surface area contributed by atoms with Gasteiger partial charge in [-0.05, 0) is 18.4 Å². The number of aromatic nitrogens is 2. The summed E-state index contributed by atoms with van der Waals surface area (Å²) in [5.41, 5.74) is 6.62. The van der Waals surface area contributed by atoms with Gasteiger partial charge in [-0.1, -0.05) is 42.1 Å². The van der Waals surface area contributed by atoms with E-state index in [0.29, 0.717) is 16.5 Å². The lowest BCUT2D eigenvalue weighted by Crippen LogP contribution is -2.14. The van der Waals surface area contributed by atoms with Gasteiger partial charge >= 0.3 is 0 Å². The average Bonchev–Trinajstić information content (AvgIpc) is 2.96. The van der Waals surface area contributed by atoms with Gasteiger partial charge in [0.2, 0.25) is 0 Å². The minimum Gasteiger partial charge on any atom is -0.383 e. The number of benzene rings is 1. The van der Waals surface area contributed by atoms with Crippen molar-refractivity contribution in [3.63, 3.8) is 0 Å². The molecular weight excluding hydrogens is 302 g/mol. The summed E-state index contributed by atoms with van der Waals surface area (Å²) >= 11 is 2.85. The summed E-state index contributed by atoms with van der Waals surface area (Å²) in [6, 6.07) is 11.1. The van der Waals surface area contributed by atoms with Crippen molar-refractivity contribution in [3.8, 4) is 0 Å². The molecule has 3 aromatic rings. The molecule has 106 valence electrons. The standard InChI is InChI=1S/C15H13N3OS2/c1-9(12(19)10-5-3-2-4-6-10)21-15-17-13(16)11-7-8-20-14(11)18-15/h2-9H,1H3,(H2,16,17,18)/t9-/m1/s1. The first-order chi connectivity index (χ1) is 10.1. The number of ketones is 1. The summed E-state index contributed by atoms with van der Waals surface area (Å²) in [6.45, 7) is 1.86. The van der Waals surface area contributed by atoms with Crippen LogP contribution in [0.5, 0.6) is 0 Å². The van der Waals surface area contributed by atoms with Gasteiger partial charge in [0.1, 0.15) is 10.6 Å². The SMILES string of the molecule is C[C@@H](Sc1nc(N)c2ccsc2n1)C(=O)c1ccccc1. The molecule has 0 fully saturated rings. The molecule has 3 rings (SSSR count). The second-order valence-corrected chi connectivity index (χ2v) is 6.72. The maximum atomic E-state index is 12.3. The van der Waals surface area contributed by atoms with Crippen LogP contribution >= 0.6 is 23.1 Å². The fraction of sp³-hybridized carbons (Fsp3) is 0.133. The fourth-order valence-corrected chi connectivity index (χ4v) is 3.64. The van der Waals surface area contributed by atoms with Crippen LogP contribution in [-0.2, 0) is 0 Å². The van der Waals surface area contributed by atoms with Gasteiger partial charge in [-0.15, -0.1) is 11.3 Å². The summed E-state index contributed by atoms with van der Waals surface area (Å²) in [6.07, 6.45) is 0. The first-order valence-corrected chi connectivity index (χ1v) is 8.17. The Labute approximate surface area is 130 Å². The number of Topliss-reactive ketones (excluding diaryl/α,β-unsaturated/α-hetero) is 1. The number of thiophene rings is 1. The second kappa shape index (κ2) is 5.83. The highest BCUT2D eigenvalue weighted by Crippen LogP contribution is 2.29. The monoisotopic (exact) mass is 315 g/mol. The van der Waals surface area contributed by atoms with Crippen LogP contribution in [0.3, 0.4) is 0 Å². The van der Waals surface area contributed by atoms with Crippen molar-refractivity contribution in [2.75, 3.05) is 5.73 Å². The number of nitrogen functional groups attached to an aromatic ring is 1. The van der Waals surface area contributed by atoms with Gasteiger partial charge < -0.3 is 5.73 Å². The van der Waals surface area contributed by atoms with Crippen LogP contribution < -0.4 is 5.73 Å². The molecule has 2 heterocycles. The van der Waals surface area contributed by atoms with Gasteiger partial charge in [0.25, 0.3) is 0 Å². The average molecular weight is 315 g/mol. The van der Waals surface area contributed by atoms with E-state index in [1.165, 1.54) is 23.1 Å². The first-order valence-electron chi connectivity index (χ1n) is 6.42. The van der Waals surface area contributed by atoms with E-state index in [4.69, 9.17) is 5.73 Å². The van der Waals surface area contributed by atoms with E-state index in [1.54, 1.807) is 0 Å². The first kappa shape index (κ1) is 14.0. The molecule has 0 unspecified atom stereocenters. The molecule has 0 amide bonds. The summed E-state index contributed by atoms with van der Waals surface area (Å²) in [4.78, 5) is 21.9. The van der Waals surface area contributed by atoms with Crippen molar-refractivity contribution < 1.29 is 4.79 Å². The predicted molar refractivity (Wildman–Crippen MR) is 87.9 cm³/mol. The Hall–Kier alpha value is -1.92. The quantitative estimate of drug-likeness (QED) is 0.452. The number of carbonyl (C=O) groups excluding carboxylic acids is 1. The highest BCUT2D eigenvalue weighted by Gasteiger charge is 2.18. The molecule has 4 nitrogen and oxygen atoms in total. The summed E-state index contributed by atoms with van der Waals surface area (Å²) in [5, 5.41) is 3.08. The van der Waals surface area contributed by atoms with Crippen LogP contribution in [0.1, 0.15) is 17.3 Å². The molecule has 21 heavy (non-hydrogen) atoms. The number of nitrogens with zero attached hydrogens (tertiary/aromatic N) is 2. The highest BCUT2D eigenvalue weighted by molar-refractivity contribution is 8.00. The molecule has 6 heteroatoms. The molecule has 0 saturated carbocycles. The zero-order valence-electron chi connectivity index (χ0n) is 11.3. The Morgan fingerprint density at radius 3 is 2.76 bits per heavy atom. The van der Waals surface area contributed by atoms with Crippen LogP contribution in [0.4, 0.5) is 5.82 Å². The topological polar surface area (TPSA) is 68.9 Å². The minimum absolute atomic E-state index is 0.0639. The van der Waals surface area contributed by atoms with Crippen molar-refractivity contribution in [1.82, 2.24) is 9.97 Å². The number of carbonyl (C=O) groups is 1. The number of thioether (sulfide) groups is 1. The molecule has 0 saturated heterocycles. The van der Waals surface area contributed by atoms with Crippen molar-refractivity contribution in [3.05, 3.63) is 47.3 Å². The summed E-state index contributed by atoms with van der Waals surface area (Å²) < 4.78 is 0. The van der Waals surface area contributed by atoms with Crippen molar-refractivity contribution in [2.45, 2.75) is 17.3 Å².